The topological polar surface area (TPSA) is 56.3 Å². The zero-order chi connectivity index (χ0) is 20.1. The van der Waals surface area contributed by atoms with Gasteiger partial charge in [-0.05, 0) is 18.2 Å². The standard InChI is InChI=1S/C23H26N2O4/c1-27-17-20-19-9-5-6-10-21(19)29-22(20)23(26)25-13-11-24(12-14-25)15-16-28-18-7-3-2-4-8-18/h2-10H,11-17H2,1H3/p+1. The molecule has 6 heteroatoms. The highest BCUT2D eigenvalue weighted by Crippen LogP contribution is 2.27. The van der Waals surface area contributed by atoms with Gasteiger partial charge >= 0.3 is 0 Å². The van der Waals surface area contributed by atoms with Crippen molar-refractivity contribution in [2.45, 2.75) is 6.61 Å². The average Bonchev–Trinajstić information content (AvgIpc) is 3.13. The molecule has 0 radical (unpaired) electrons. The van der Waals surface area contributed by atoms with Gasteiger partial charge in [-0.15, -0.1) is 0 Å². The molecule has 1 saturated heterocycles. The third kappa shape index (κ3) is 4.44. The minimum Gasteiger partial charge on any atom is -0.488 e. The highest BCUT2D eigenvalue weighted by atomic mass is 16.5. The first kappa shape index (κ1) is 19.5. The number of methoxy groups -OCH3 is 1. The summed E-state index contributed by atoms with van der Waals surface area (Å²) in [6.07, 6.45) is 0. The van der Waals surface area contributed by atoms with Crippen LogP contribution < -0.4 is 9.64 Å². The van der Waals surface area contributed by atoms with E-state index in [-0.39, 0.29) is 5.91 Å². The molecule has 0 bridgehead atoms. The van der Waals surface area contributed by atoms with Crippen molar-refractivity contribution in [2.24, 2.45) is 0 Å². The van der Waals surface area contributed by atoms with Crippen LogP contribution in [0.2, 0.25) is 0 Å². The van der Waals surface area contributed by atoms with Crippen LogP contribution in [0.4, 0.5) is 0 Å². The van der Waals surface area contributed by atoms with Crippen molar-refractivity contribution in [2.75, 3.05) is 46.4 Å². The van der Waals surface area contributed by atoms with Gasteiger partial charge in [-0.25, -0.2) is 0 Å². The third-order valence-corrected chi connectivity index (χ3v) is 5.41. The van der Waals surface area contributed by atoms with Crippen LogP contribution in [0.25, 0.3) is 11.0 Å². The van der Waals surface area contributed by atoms with Crippen LogP contribution in [0.5, 0.6) is 5.75 Å². The smallest absolute Gasteiger partial charge is 0.290 e. The van der Waals surface area contributed by atoms with E-state index < -0.39 is 0 Å². The largest absolute Gasteiger partial charge is 0.488 e. The fourth-order valence-electron chi connectivity index (χ4n) is 3.81. The van der Waals surface area contributed by atoms with Gasteiger partial charge in [0.15, 0.2) is 5.76 Å². The summed E-state index contributed by atoms with van der Waals surface area (Å²) in [5.41, 5.74) is 1.56. The maximum absolute atomic E-state index is 13.1. The Balaban J connectivity index is 1.34. The van der Waals surface area contributed by atoms with Gasteiger partial charge in [0.1, 0.15) is 24.5 Å². The Morgan fingerprint density at radius 3 is 2.55 bits per heavy atom. The monoisotopic (exact) mass is 395 g/mol. The molecule has 0 spiro atoms. The molecule has 0 atom stereocenters. The summed E-state index contributed by atoms with van der Waals surface area (Å²) in [6, 6.07) is 17.6. The Kier molecular flexibility index (Phi) is 6.12. The van der Waals surface area contributed by atoms with Crippen LogP contribution in [0.3, 0.4) is 0 Å². The molecule has 2 aromatic carbocycles. The lowest BCUT2D eigenvalue weighted by Gasteiger charge is -2.31. The van der Waals surface area contributed by atoms with Crippen LogP contribution in [-0.2, 0) is 11.3 Å². The fraction of sp³-hybridized carbons (Fsp3) is 0.348. The normalized spacial score (nSPS) is 15.0. The molecule has 0 aliphatic carbocycles. The Morgan fingerprint density at radius 1 is 1.07 bits per heavy atom. The number of quaternary nitrogens is 1. The number of carbonyl (C=O) groups excluding carboxylic acids is 1. The molecule has 4 rings (SSSR count). The van der Waals surface area contributed by atoms with E-state index in [0.29, 0.717) is 32.1 Å². The molecule has 29 heavy (non-hydrogen) atoms. The lowest BCUT2D eigenvalue weighted by atomic mass is 10.1. The number of furan rings is 1. The second-order valence-corrected chi connectivity index (χ2v) is 7.29. The summed E-state index contributed by atoms with van der Waals surface area (Å²) in [5.74, 6) is 1.26. The lowest BCUT2D eigenvalue weighted by molar-refractivity contribution is -0.903. The first-order valence-electron chi connectivity index (χ1n) is 10.1. The summed E-state index contributed by atoms with van der Waals surface area (Å²) in [6.45, 7) is 5.20. The summed E-state index contributed by atoms with van der Waals surface area (Å²) < 4.78 is 17.0. The van der Waals surface area contributed by atoms with Crippen molar-refractivity contribution in [3.8, 4) is 5.75 Å². The molecule has 1 aromatic heterocycles. The summed E-state index contributed by atoms with van der Waals surface area (Å²) >= 11 is 0. The van der Waals surface area contributed by atoms with Crippen molar-refractivity contribution < 1.29 is 23.6 Å². The fourth-order valence-corrected chi connectivity index (χ4v) is 3.81. The van der Waals surface area contributed by atoms with Crippen molar-refractivity contribution in [3.05, 3.63) is 65.9 Å². The van der Waals surface area contributed by atoms with Gasteiger partial charge in [-0.3, -0.25) is 4.79 Å². The Morgan fingerprint density at radius 2 is 1.79 bits per heavy atom. The van der Waals surface area contributed by atoms with Crippen molar-refractivity contribution >= 4 is 16.9 Å². The van der Waals surface area contributed by atoms with Crippen LogP contribution >= 0.6 is 0 Å². The van der Waals surface area contributed by atoms with Crippen LogP contribution in [-0.4, -0.2) is 57.2 Å². The quantitative estimate of drug-likeness (QED) is 0.665. The number of benzene rings is 2. The van der Waals surface area contributed by atoms with E-state index in [2.05, 4.69) is 0 Å². The van der Waals surface area contributed by atoms with E-state index in [1.807, 2.05) is 59.5 Å². The van der Waals surface area contributed by atoms with Crippen LogP contribution in [0, 0.1) is 0 Å². The number of hydrogen-bond donors (Lipinski definition) is 1. The third-order valence-electron chi connectivity index (χ3n) is 5.41. The van der Waals surface area contributed by atoms with Gasteiger partial charge < -0.3 is 23.7 Å². The Labute approximate surface area is 170 Å². The number of rotatable bonds is 7. The molecule has 152 valence electrons. The summed E-state index contributed by atoms with van der Waals surface area (Å²) in [5, 5.41) is 0.944. The Hall–Kier alpha value is -2.83. The Bertz CT molecular complexity index is 946. The van der Waals surface area contributed by atoms with E-state index >= 15 is 0 Å². The van der Waals surface area contributed by atoms with Gasteiger partial charge in [0, 0.05) is 18.1 Å². The number of carbonyl (C=O) groups is 1. The number of hydrogen-bond acceptors (Lipinski definition) is 4. The molecule has 1 fully saturated rings. The molecule has 3 aromatic rings. The predicted octanol–water partition coefficient (Wildman–Crippen LogP) is 2.00. The minimum absolute atomic E-state index is 0.0483. The number of ether oxygens (including phenoxy) is 2. The molecule has 2 heterocycles. The highest BCUT2D eigenvalue weighted by Gasteiger charge is 2.29. The minimum atomic E-state index is -0.0483. The van der Waals surface area contributed by atoms with Crippen molar-refractivity contribution in [1.29, 1.82) is 0 Å². The van der Waals surface area contributed by atoms with Crippen LogP contribution in [0.15, 0.2) is 59.0 Å². The molecular weight excluding hydrogens is 368 g/mol. The summed E-state index contributed by atoms with van der Waals surface area (Å²) in [4.78, 5) is 16.5. The second-order valence-electron chi connectivity index (χ2n) is 7.29. The van der Waals surface area contributed by atoms with Crippen LogP contribution in [0.1, 0.15) is 16.1 Å². The molecule has 0 unspecified atom stereocenters. The van der Waals surface area contributed by atoms with Crippen molar-refractivity contribution in [1.82, 2.24) is 4.90 Å². The van der Waals surface area contributed by atoms with Crippen molar-refractivity contribution in [3.63, 3.8) is 0 Å². The van der Waals surface area contributed by atoms with E-state index in [9.17, 15) is 4.79 Å². The summed E-state index contributed by atoms with van der Waals surface area (Å²) in [7, 11) is 1.63. The van der Waals surface area contributed by atoms with Gasteiger partial charge in [0.25, 0.3) is 5.91 Å². The molecule has 1 N–H and O–H groups in total. The number of nitrogens with zero attached hydrogens (tertiary/aromatic N) is 1. The predicted molar refractivity (Wildman–Crippen MR) is 110 cm³/mol. The first-order valence-corrected chi connectivity index (χ1v) is 10.1. The zero-order valence-corrected chi connectivity index (χ0v) is 16.7. The van der Waals surface area contributed by atoms with Gasteiger partial charge in [-0.1, -0.05) is 36.4 Å². The SMILES string of the molecule is COCc1c(C(=O)N2CC[NH+](CCOc3ccccc3)CC2)oc2ccccc12. The van der Waals surface area contributed by atoms with E-state index in [0.717, 1.165) is 41.9 Å². The molecule has 1 amide bonds. The molecular formula is C23H27N2O4+. The van der Waals surface area contributed by atoms with E-state index in [1.54, 1.807) is 7.11 Å². The lowest BCUT2D eigenvalue weighted by Crippen LogP contribution is -3.15. The number of nitrogens with one attached hydrogen (secondary N) is 1. The van der Waals surface area contributed by atoms with Gasteiger partial charge in [0.2, 0.25) is 0 Å². The highest BCUT2D eigenvalue weighted by molar-refractivity contribution is 5.99. The molecule has 6 nitrogen and oxygen atoms in total. The number of piperazine rings is 1. The van der Waals surface area contributed by atoms with Gasteiger partial charge in [-0.2, -0.15) is 0 Å². The zero-order valence-electron chi connectivity index (χ0n) is 16.7. The number of fused-ring (bicyclic) bond motifs is 1. The second kappa shape index (κ2) is 9.11. The average molecular weight is 395 g/mol. The maximum Gasteiger partial charge on any atom is 0.290 e. The molecule has 1 aliphatic rings. The van der Waals surface area contributed by atoms with E-state index in [4.69, 9.17) is 13.9 Å². The first-order chi connectivity index (χ1) is 14.3. The molecule has 1 aliphatic heterocycles. The maximum atomic E-state index is 13.1. The number of amides is 1. The number of para-hydroxylation sites is 2. The van der Waals surface area contributed by atoms with Gasteiger partial charge in [0.05, 0.1) is 32.8 Å². The molecule has 0 saturated carbocycles. The van der Waals surface area contributed by atoms with E-state index in [1.165, 1.54) is 4.90 Å².